The van der Waals surface area contributed by atoms with Crippen LogP contribution in [0.4, 0.5) is 4.79 Å². The van der Waals surface area contributed by atoms with Crippen molar-refractivity contribution in [2.24, 2.45) is 0 Å². The van der Waals surface area contributed by atoms with Gasteiger partial charge in [-0.05, 0) is 25.9 Å². The van der Waals surface area contributed by atoms with Crippen LogP contribution in [0.15, 0.2) is 0 Å². The van der Waals surface area contributed by atoms with Crippen molar-refractivity contribution >= 4 is 23.8 Å². The van der Waals surface area contributed by atoms with E-state index in [4.69, 9.17) is 0 Å². The molecule has 1 atom stereocenters. The fraction of sp³-hybridized carbons (Fsp3) is 0.833. The number of urea groups is 1. The lowest BCUT2D eigenvalue weighted by molar-refractivity contribution is -0.141. The first-order chi connectivity index (χ1) is 9.11. The molecule has 2 heterocycles. The smallest absolute Gasteiger partial charge is 0.327 e. The Hall–Kier alpha value is -0.950. The standard InChI is InChI=1S/C12H21N3O3S/c1-14(9-2-4-13-5-3-9)12(18)15-6-7-19-8-10(15)11(16)17/h9-10,13H,2-8H2,1H3,(H,16,17). The van der Waals surface area contributed by atoms with Crippen molar-refractivity contribution < 1.29 is 14.7 Å². The highest BCUT2D eigenvalue weighted by molar-refractivity contribution is 7.99. The van der Waals surface area contributed by atoms with Gasteiger partial charge in [-0.2, -0.15) is 11.8 Å². The zero-order chi connectivity index (χ0) is 13.8. The first-order valence-electron chi connectivity index (χ1n) is 6.66. The summed E-state index contributed by atoms with van der Waals surface area (Å²) in [4.78, 5) is 26.9. The highest BCUT2D eigenvalue weighted by atomic mass is 32.2. The van der Waals surface area contributed by atoms with Crippen molar-refractivity contribution in [3.8, 4) is 0 Å². The molecule has 2 aliphatic rings. The lowest BCUT2D eigenvalue weighted by Crippen LogP contribution is -2.56. The summed E-state index contributed by atoms with van der Waals surface area (Å²) in [5.74, 6) is 0.399. The highest BCUT2D eigenvalue weighted by Crippen LogP contribution is 2.20. The quantitative estimate of drug-likeness (QED) is 0.764. The summed E-state index contributed by atoms with van der Waals surface area (Å²) in [5.41, 5.74) is 0. The number of carboxylic acids is 1. The van der Waals surface area contributed by atoms with E-state index in [9.17, 15) is 14.7 Å². The van der Waals surface area contributed by atoms with Gasteiger partial charge in [0, 0.05) is 31.1 Å². The molecule has 2 N–H and O–H groups in total. The predicted octanol–water partition coefficient (Wildman–Crippen LogP) is 0.292. The molecule has 0 saturated carbocycles. The molecular weight excluding hydrogens is 266 g/mol. The Bertz CT molecular complexity index is 347. The number of nitrogens with zero attached hydrogens (tertiary/aromatic N) is 2. The highest BCUT2D eigenvalue weighted by Gasteiger charge is 2.35. The second-order valence-corrected chi connectivity index (χ2v) is 6.15. The van der Waals surface area contributed by atoms with Crippen LogP contribution in [0.1, 0.15) is 12.8 Å². The SMILES string of the molecule is CN(C(=O)N1CCSCC1C(=O)O)C1CCNCC1. The van der Waals surface area contributed by atoms with Crippen LogP contribution in [0.3, 0.4) is 0 Å². The van der Waals surface area contributed by atoms with Gasteiger partial charge in [-0.1, -0.05) is 0 Å². The summed E-state index contributed by atoms with van der Waals surface area (Å²) >= 11 is 1.60. The van der Waals surface area contributed by atoms with Crippen LogP contribution in [0.25, 0.3) is 0 Å². The zero-order valence-electron chi connectivity index (χ0n) is 11.2. The molecule has 0 radical (unpaired) electrons. The molecule has 2 aliphatic heterocycles. The number of carbonyl (C=O) groups is 2. The molecule has 0 bridgehead atoms. The van der Waals surface area contributed by atoms with Gasteiger partial charge in [-0.15, -0.1) is 0 Å². The molecule has 7 heteroatoms. The molecule has 2 saturated heterocycles. The van der Waals surface area contributed by atoms with E-state index >= 15 is 0 Å². The summed E-state index contributed by atoms with van der Waals surface area (Å²) in [6, 6.07) is -0.604. The van der Waals surface area contributed by atoms with E-state index in [1.807, 2.05) is 0 Å². The number of piperidine rings is 1. The van der Waals surface area contributed by atoms with E-state index in [2.05, 4.69) is 5.32 Å². The largest absolute Gasteiger partial charge is 0.480 e. The Labute approximate surface area is 117 Å². The van der Waals surface area contributed by atoms with E-state index < -0.39 is 12.0 Å². The first kappa shape index (κ1) is 14.5. The maximum Gasteiger partial charge on any atom is 0.327 e. The minimum absolute atomic E-state index is 0.139. The van der Waals surface area contributed by atoms with Crippen molar-refractivity contribution in [2.45, 2.75) is 24.9 Å². The summed E-state index contributed by atoms with van der Waals surface area (Å²) in [6.07, 6.45) is 1.87. The molecule has 2 amide bonds. The van der Waals surface area contributed by atoms with E-state index in [0.717, 1.165) is 31.7 Å². The minimum atomic E-state index is -0.903. The first-order valence-corrected chi connectivity index (χ1v) is 7.81. The van der Waals surface area contributed by atoms with Crippen LogP contribution in [0.2, 0.25) is 0 Å². The van der Waals surface area contributed by atoms with Crippen LogP contribution >= 0.6 is 11.8 Å². The molecule has 0 aliphatic carbocycles. The molecule has 2 rings (SSSR count). The van der Waals surface area contributed by atoms with Crippen LogP contribution < -0.4 is 5.32 Å². The van der Waals surface area contributed by atoms with E-state index in [0.29, 0.717) is 12.3 Å². The number of nitrogens with one attached hydrogen (secondary N) is 1. The molecule has 0 aromatic heterocycles. The topological polar surface area (TPSA) is 72.9 Å². The van der Waals surface area contributed by atoms with Gasteiger partial charge in [0.2, 0.25) is 0 Å². The second-order valence-electron chi connectivity index (χ2n) is 5.00. The molecule has 2 fully saturated rings. The van der Waals surface area contributed by atoms with Crippen molar-refractivity contribution in [1.29, 1.82) is 0 Å². The van der Waals surface area contributed by atoms with Gasteiger partial charge in [-0.25, -0.2) is 9.59 Å². The lowest BCUT2D eigenvalue weighted by atomic mass is 10.1. The van der Waals surface area contributed by atoms with Crippen LogP contribution in [-0.4, -0.2) is 77.2 Å². The number of rotatable bonds is 2. The Balaban J connectivity index is 2.01. The van der Waals surface area contributed by atoms with Crippen molar-refractivity contribution in [3.05, 3.63) is 0 Å². The van der Waals surface area contributed by atoms with Gasteiger partial charge in [0.25, 0.3) is 0 Å². The fourth-order valence-corrected chi connectivity index (χ4v) is 3.63. The third kappa shape index (κ3) is 3.33. The molecule has 19 heavy (non-hydrogen) atoms. The lowest BCUT2D eigenvalue weighted by Gasteiger charge is -2.39. The third-order valence-electron chi connectivity index (χ3n) is 3.82. The second kappa shape index (κ2) is 6.47. The van der Waals surface area contributed by atoms with Crippen molar-refractivity contribution in [3.63, 3.8) is 0 Å². The molecule has 6 nitrogen and oxygen atoms in total. The van der Waals surface area contributed by atoms with Gasteiger partial charge >= 0.3 is 12.0 Å². The summed E-state index contributed by atoms with van der Waals surface area (Å²) in [7, 11) is 1.79. The van der Waals surface area contributed by atoms with Crippen LogP contribution in [0.5, 0.6) is 0 Å². The Morgan fingerprint density at radius 2 is 2.05 bits per heavy atom. The maximum atomic E-state index is 12.5. The summed E-state index contributed by atoms with van der Waals surface area (Å²) in [6.45, 7) is 2.36. The van der Waals surface area contributed by atoms with Gasteiger partial charge in [0.15, 0.2) is 0 Å². The molecule has 108 valence electrons. The molecule has 0 aromatic carbocycles. The van der Waals surface area contributed by atoms with Crippen LogP contribution in [-0.2, 0) is 4.79 Å². The van der Waals surface area contributed by atoms with Gasteiger partial charge in [0.05, 0.1) is 0 Å². The number of carboxylic acid groups (broad SMARTS) is 1. The van der Waals surface area contributed by atoms with Gasteiger partial charge in [-0.3, -0.25) is 0 Å². The average molecular weight is 287 g/mol. The van der Waals surface area contributed by atoms with Gasteiger partial charge < -0.3 is 20.2 Å². The monoisotopic (exact) mass is 287 g/mol. The Morgan fingerprint density at radius 3 is 2.68 bits per heavy atom. The fourth-order valence-electron chi connectivity index (χ4n) is 2.59. The number of thioether (sulfide) groups is 1. The average Bonchev–Trinajstić information content (AvgIpc) is 2.46. The van der Waals surface area contributed by atoms with Crippen molar-refractivity contribution in [2.75, 3.05) is 38.2 Å². The third-order valence-corrected chi connectivity index (χ3v) is 4.84. The Kier molecular flexibility index (Phi) is 4.93. The number of hydrogen-bond donors (Lipinski definition) is 2. The number of hydrogen-bond acceptors (Lipinski definition) is 4. The zero-order valence-corrected chi connectivity index (χ0v) is 12.0. The number of carbonyl (C=O) groups excluding carboxylic acids is 1. The minimum Gasteiger partial charge on any atom is -0.480 e. The molecule has 1 unspecified atom stereocenters. The van der Waals surface area contributed by atoms with Crippen LogP contribution in [0, 0.1) is 0 Å². The Morgan fingerprint density at radius 1 is 1.37 bits per heavy atom. The van der Waals surface area contributed by atoms with E-state index in [1.165, 1.54) is 4.90 Å². The number of amides is 2. The summed E-state index contributed by atoms with van der Waals surface area (Å²) in [5, 5.41) is 12.5. The molecule has 0 aromatic rings. The van der Waals surface area contributed by atoms with Gasteiger partial charge in [0.1, 0.15) is 6.04 Å². The normalized spacial score (nSPS) is 25.1. The maximum absolute atomic E-state index is 12.5. The summed E-state index contributed by atoms with van der Waals surface area (Å²) < 4.78 is 0. The number of aliphatic carboxylic acids is 1. The van der Waals surface area contributed by atoms with Crippen molar-refractivity contribution in [1.82, 2.24) is 15.1 Å². The molecular formula is C12H21N3O3S. The molecule has 0 spiro atoms. The predicted molar refractivity (Wildman–Crippen MR) is 74.5 cm³/mol. The van der Waals surface area contributed by atoms with E-state index in [-0.39, 0.29) is 12.1 Å². The van der Waals surface area contributed by atoms with E-state index in [1.54, 1.807) is 23.7 Å².